The summed E-state index contributed by atoms with van der Waals surface area (Å²) in [4.78, 5) is 14.7. The molecule has 6 nitrogen and oxygen atoms in total. The van der Waals surface area contributed by atoms with Crippen molar-refractivity contribution < 1.29 is 14.3 Å². The van der Waals surface area contributed by atoms with E-state index in [1.165, 1.54) is 0 Å². The molecular formula is C17H23N3O3. The number of ether oxygens (including phenoxy) is 2. The first kappa shape index (κ1) is 17.1. The SMILES string of the molecule is COc1ccc(OC)c(NC(=O)C2CCN(CCC#N)CC2)c1. The van der Waals surface area contributed by atoms with E-state index in [0.717, 1.165) is 32.5 Å². The van der Waals surface area contributed by atoms with E-state index in [2.05, 4.69) is 16.3 Å². The molecule has 0 atom stereocenters. The molecule has 1 aliphatic heterocycles. The van der Waals surface area contributed by atoms with Gasteiger partial charge in [-0.2, -0.15) is 5.26 Å². The molecule has 0 spiro atoms. The number of likely N-dealkylation sites (tertiary alicyclic amines) is 1. The first-order chi connectivity index (χ1) is 11.2. The third-order valence-electron chi connectivity index (χ3n) is 4.16. The Morgan fingerprint density at radius 2 is 2.09 bits per heavy atom. The number of nitriles is 1. The molecule has 1 saturated heterocycles. The molecule has 0 aliphatic carbocycles. The van der Waals surface area contributed by atoms with E-state index < -0.39 is 0 Å². The first-order valence-corrected chi connectivity index (χ1v) is 7.80. The van der Waals surface area contributed by atoms with Gasteiger partial charge in [0.25, 0.3) is 0 Å². The predicted octanol–water partition coefficient (Wildman–Crippen LogP) is 2.27. The molecule has 1 amide bonds. The number of benzene rings is 1. The fraction of sp³-hybridized carbons (Fsp3) is 0.529. The highest BCUT2D eigenvalue weighted by Crippen LogP contribution is 2.30. The van der Waals surface area contributed by atoms with E-state index in [9.17, 15) is 4.79 Å². The molecule has 23 heavy (non-hydrogen) atoms. The summed E-state index contributed by atoms with van der Waals surface area (Å²) in [5.74, 6) is 1.29. The molecule has 1 aromatic carbocycles. The van der Waals surface area contributed by atoms with Gasteiger partial charge in [-0.15, -0.1) is 0 Å². The molecule has 0 bridgehead atoms. The number of carbonyl (C=O) groups excluding carboxylic acids is 1. The lowest BCUT2D eigenvalue weighted by atomic mass is 9.95. The normalized spacial score (nSPS) is 15.7. The summed E-state index contributed by atoms with van der Waals surface area (Å²) in [6.07, 6.45) is 2.16. The molecule has 1 N–H and O–H groups in total. The summed E-state index contributed by atoms with van der Waals surface area (Å²) in [5, 5.41) is 11.6. The number of piperidine rings is 1. The van der Waals surface area contributed by atoms with Gasteiger partial charge in [-0.25, -0.2) is 0 Å². The maximum Gasteiger partial charge on any atom is 0.227 e. The van der Waals surface area contributed by atoms with E-state index in [1.54, 1.807) is 32.4 Å². The van der Waals surface area contributed by atoms with Gasteiger partial charge in [0.05, 0.1) is 26.0 Å². The van der Waals surface area contributed by atoms with E-state index >= 15 is 0 Å². The predicted molar refractivity (Wildman–Crippen MR) is 87.6 cm³/mol. The highest BCUT2D eigenvalue weighted by Gasteiger charge is 2.25. The molecule has 124 valence electrons. The van der Waals surface area contributed by atoms with Crippen LogP contribution in [0.1, 0.15) is 19.3 Å². The zero-order valence-corrected chi connectivity index (χ0v) is 13.7. The van der Waals surface area contributed by atoms with Crippen LogP contribution >= 0.6 is 0 Å². The zero-order valence-electron chi connectivity index (χ0n) is 13.7. The lowest BCUT2D eigenvalue weighted by Crippen LogP contribution is -2.38. The van der Waals surface area contributed by atoms with Crippen LogP contribution in [0.5, 0.6) is 11.5 Å². The number of hydrogen-bond donors (Lipinski definition) is 1. The van der Waals surface area contributed by atoms with Gasteiger partial charge in [0.15, 0.2) is 0 Å². The van der Waals surface area contributed by atoms with E-state index in [4.69, 9.17) is 14.7 Å². The highest BCUT2D eigenvalue weighted by molar-refractivity contribution is 5.94. The van der Waals surface area contributed by atoms with Gasteiger partial charge in [-0.3, -0.25) is 4.79 Å². The van der Waals surface area contributed by atoms with Crippen molar-refractivity contribution in [1.82, 2.24) is 4.90 Å². The van der Waals surface area contributed by atoms with Crippen molar-refractivity contribution in [2.24, 2.45) is 5.92 Å². The van der Waals surface area contributed by atoms with Crippen LogP contribution in [0.2, 0.25) is 0 Å². The molecule has 0 saturated carbocycles. The standard InChI is InChI=1S/C17H23N3O3/c1-22-14-4-5-16(23-2)15(12-14)19-17(21)13-6-10-20(11-7-13)9-3-8-18/h4-5,12-13H,3,6-7,9-11H2,1-2H3,(H,19,21). The van der Waals surface area contributed by atoms with Gasteiger partial charge in [0.1, 0.15) is 11.5 Å². The van der Waals surface area contributed by atoms with Gasteiger partial charge in [-0.1, -0.05) is 0 Å². The molecule has 1 aromatic rings. The molecule has 1 heterocycles. The third kappa shape index (κ3) is 4.60. The second kappa shape index (κ2) is 8.39. The summed E-state index contributed by atoms with van der Waals surface area (Å²) >= 11 is 0. The van der Waals surface area contributed by atoms with Crippen molar-refractivity contribution in [3.8, 4) is 17.6 Å². The number of anilines is 1. The summed E-state index contributed by atoms with van der Waals surface area (Å²) < 4.78 is 10.5. The summed E-state index contributed by atoms with van der Waals surface area (Å²) in [7, 11) is 3.16. The number of rotatable bonds is 6. The Balaban J connectivity index is 1.94. The van der Waals surface area contributed by atoms with Crippen LogP contribution in [0.3, 0.4) is 0 Å². The van der Waals surface area contributed by atoms with Gasteiger partial charge < -0.3 is 19.7 Å². The maximum atomic E-state index is 12.5. The molecule has 1 aliphatic rings. The molecule has 2 rings (SSSR count). The minimum absolute atomic E-state index is 0.00996. The number of amides is 1. The number of nitrogens with zero attached hydrogens (tertiary/aromatic N) is 2. The van der Waals surface area contributed by atoms with Crippen molar-refractivity contribution in [3.63, 3.8) is 0 Å². The van der Waals surface area contributed by atoms with E-state index in [1.807, 2.05) is 0 Å². The van der Waals surface area contributed by atoms with Crippen LogP contribution < -0.4 is 14.8 Å². The number of carbonyl (C=O) groups is 1. The summed E-state index contributed by atoms with van der Waals surface area (Å²) in [6, 6.07) is 7.49. The van der Waals surface area contributed by atoms with Crippen molar-refractivity contribution in [2.75, 3.05) is 39.2 Å². The lowest BCUT2D eigenvalue weighted by molar-refractivity contribution is -0.121. The van der Waals surface area contributed by atoms with Crippen molar-refractivity contribution in [1.29, 1.82) is 5.26 Å². The quantitative estimate of drug-likeness (QED) is 0.871. The Labute approximate surface area is 137 Å². The Morgan fingerprint density at radius 3 is 2.70 bits per heavy atom. The average Bonchev–Trinajstić information content (AvgIpc) is 2.60. The van der Waals surface area contributed by atoms with Crippen LogP contribution in [0.15, 0.2) is 18.2 Å². The smallest absolute Gasteiger partial charge is 0.227 e. The van der Waals surface area contributed by atoms with Gasteiger partial charge in [0, 0.05) is 24.9 Å². The first-order valence-electron chi connectivity index (χ1n) is 7.80. The lowest BCUT2D eigenvalue weighted by Gasteiger charge is -2.30. The maximum absolute atomic E-state index is 12.5. The zero-order chi connectivity index (χ0) is 16.7. The number of nitrogens with one attached hydrogen (secondary N) is 1. The topological polar surface area (TPSA) is 74.6 Å². The van der Waals surface area contributed by atoms with Gasteiger partial charge >= 0.3 is 0 Å². The van der Waals surface area contributed by atoms with Gasteiger partial charge in [0.2, 0.25) is 5.91 Å². The summed E-state index contributed by atoms with van der Waals surface area (Å²) in [6.45, 7) is 2.50. The fourth-order valence-electron chi connectivity index (χ4n) is 2.77. The second-order valence-electron chi connectivity index (χ2n) is 5.58. The monoisotopic (exact) mass is 317 g/mol. The summed E-state index contributed by atoms with van der Waals surface area (Å²) in [5.41, 5.74) is 0.628. The molecule has 0 unspecified atom stereocenters. The van der Waals surface area contributed by atoms with Gasteiger partial charge in [-0.05, 0) is 38.1 Å². The number of methoxy groups -OCH3 is 2. The van der Waals surface area contributed by atoms with Crippen molar-refractivity contribution >= 4 is 11.6 Å². The van der Waals surface area contributed by atoms with Crippen LogP contribution in [0.4, 0.5) is 5.69 Å². The van der Waals surface area contributed by atoms with Crippen LogP contribution in [0.25, 0.3) is 0 Å². The molecular weight excluding hydrogens is 294 g/mol. The highest BCUT2D eigenvalue weighted by atomic mass is 16.5. The Hall–Kier alpha value is -2.26. The molecule has 0 radical (unpaired) electrons. The van der Waals surface area contributed by atoms with Crippen molar-refractivity contribution in [3.05, 3.63) is 18.2 Å². The molecule has 0 aromatic heterocycles. The van der Waals surface area contributed by atoms with Crippen LogP contribution in [-0.2, 0) is 4.79 Å². The molecule has 1 fully saturated rings. The largest absolute Gasteiger partial charge is 0.497 e. The number of hydrogen-bond acceptors (Lipinski definition) is 5. The third-order valence-corrected chi connectivity index (χ3v) is 4.16. The van der Waals surface area contributed by atoms with Crippen molar-refractivity contribution in [2.45, 2.75) is 19.3 Å². The van der Waals surface area contributed by atoms with Crippen LogP contribution in [-0.4, -0.2) is 44.7 Å². The second-order valence-corrected chi connectivity index (χ2v) is 5.58. The Bertz CT molecular complexity index is 575. The minimum atomic E-state index is -0.00996. The Kier molecular flexibility index (Phi) is 6.24. The van der Waals surface area contributed by atoms with Crippen LogP contribution in [0, 0.1) is 17.2 Å². The minimum Gasteiger partial charge on any atom is -0.497 e. The van der Waals surface area contributed by atoms with E-state index in [-0.39, 0.29) is 11.8 Å². The fourth-order valence-corrected chi connectivity index (χ4v) is 2.77. The Morgan fingerprint density at radius 1 is 1.35 bits per heavy atom. The average molecular weight is 317 g/mol. The van der Waals surface area contributed by atoms with E-state index in [0.29, 0.717) is 23.6 Å². The molecule has 6 heteroatoms.